The molecule has 2 aliphatic rings. The summed E-state index contributed by atoms with van der Waals surface area (Å²) in [5.74, 6) is -0.644. The van der Waals surface area contributed by atoms with Crippen molar-refractivity contribution in [3.63, 3.8) is 0 Å². The molecule has 0 aliphatic carbocycles. The number of carbonyl (C=O) groups is 3. The maximum atomic E-state index is 12.8. The number of amides is 4. The maximum Gasteiger partial charge on any atom is 0.314 e. The van der Waals surface area contributed by atoms with E-state index < -0.39 is 6.03 Å². The van der Waals surface area contributed by atoms with E-state index in [0.29, 0.717) is 43.9 Å². The number of anilines is 1. The van der Waals surface area contributed by atoms with Crippen LogP contribution >= 0.6 is 0 Å². The molecule has 0 saturated carbocycles. The Morgan fingerprint density at radius 3 is 2.62 bits per heavy atom. The summed E-state index contributed by atoms with van der Waals surface area (Å²) in [6, 6.07) is 8.51. The van der Waals surface area contributed by atoms with E-state index >= 15 is 0 Å². The lowest BCUT2D eigenvalue weighted by atomic mass is 9.96. The number of hydrogen-bond donors (Lipinski definition) is 1. The summed E-state index contributed by atoms with van der Waals surface area (Å²) >= 11 is 0. The molecule has 8 nitrogen and oxygen atoms in total. The first kappa shape index (κ1) is 17.7. The van der Waals surface area contributed by atoms with Crippen LogP contribution in [0.2, 0.25) is 0 Å². The average Bonchev–Trinajstić information content (AvgIpc) is 2.67. The zero-order valence-corrected chi connectivity index (χ0v) is 14.4. The fraction of sp³-hybridized carbons (Fsp3) is 0.444. The maximum absolute atomic E-state index is 12.8. The van der Waals surface area contributed by atoms with Crippen molar-refractivity contribution < 1.29 is 14.4 Å². The second-order valence-electron chi connectivity index (χ2n) is 6.56. The summed E-state index contributed by atoms with van der Waals surface area (Å²) in [6.45, 7) is 1.59. The number of likely N-dealkylation sites (tertiary alicyclic amines) is 1. The van der Waals surface area contributed by atoms with Crippen LogP contribution in [0.25, 0.3) is 0 Å². The number of piperazine rings is 1. The summed E-state index contributed by atoms with van der Waals surface area (Å²) < 4.78 is 0. The minimum atomic E-state index is -0.517. The molecule has 2 N–H and O–H groups in total. The van der Waals surface area contributed by atoms with Gasteiger partial charge in [-0.3, -0.25) is 9.59 Å². The first-order valence-electron chi connectivity index (χ1n) is 8.64. The van der Waals surface area contributed by atoms with Gasteiger partial charge in [-0.15, -0.1) is 0 Å². The summed E-state index contributed by atoms with van der Waals surface area (Å²) in [5, 5.41) is 9.22. The number of piperidine rings is 1. The number of para-hydroxylation sites is 1. The Labute approximate surface area is 151 Å². The van der Waals surface area contributed by atoms with E-state index in [-0.39, 0.29) is 24.3 Å². The molecule has 1 aromatic rings. The molecule has 1 aromatic carbocycles. The third-order valence-electron chi connectivity index (χ3n) is 4.93. The van der Waals surface area contributed by atoms with Gasteiger partial charge in [0.2, 0.25) is 11.8 Å². The Morgan fingerprint density at radius 1 is 1.15 bits per heavy atom. The van der Waals surface area contributed by atoms with Crippen LogP contribution in [-0.2, 0) is 9.59 Å². The number of nitrogens with two attached hydrogens (primary N) is 1. The molecule has 2 saturated heterocycles. The van der Waals surface area contributed by atoms with Crippen molar-refractivity contribution >= 4 is 23.5 Å². The third kappa shape index (κ3) is 3.47. The monoisotopic (exact) mass is 355 g/mol. The number of carbonyl (C=O) groups excluding carboxylic acids is 3. The predicted molar refractivity (Wildman–Crippen MR) is 94.0 cm³/mol. The van der Waals surface area contributed by atoms with Gasteiger partial charge in [0.1, 0.15) is 12.6 Å². The highest BCUT2D eigenvalue weighted by molar-refractivity contribution is 5.99. The van der Waals surface area contributed by atoms with Crippen molar-refractivity contribution in [2.45, 2.75) is 12.8 Å². The van der Waals surface area contributed by atoms with Crippen LogP contribution < -0.4 is 10.6 Å². The van der Waals surface area contributed by atoms with E-state index in [1.165, 1.54) is 4.90 Å². The standard InChI is InChI=1S/C18H21N5O3/c19-10-13-4-1-2-6-15(13)23-9-8-21(12-16(23)24)17(25)14-5-3-7-22(11-14)18(20)26/h1-2,4,6,14H,3,5,7-9,11-12H2,(H2,20,26). The van der Waals surface area contributed by atoms with Gasteiger partial charge in [-0.1, -0.05) is 12.1 Å². The molecule has 8 heteroatoms. The molecule has 0 radical (unpaired) electrons. The Hall–Kier alpha value is -3.08. The van der Waals surface area contributed by atoms with Crippen LogP contribution in [0, 0.1) is 17.2 Å². The van der Waals surface area contributed by atoms with Gasteiger partial charge in [0, 0.05) is 26.2 Å². The highest BCUT2D eigenvalue weighted by Gasteiger charge is 2.35. The van der Waals surface area contributed by atoms with Crippen LogP contribution in [0.5, 0.6) is 0 Å². The minimum Gasteiger partial charge on any atom is -0.351 e. The SMILES string of the molecule is N#Cc1ccccc1N1CCN(C(=O)C2CCCN(C(N)=O)C2)CC1=O. The Morgan fingerprint density at radius 2 is 1.92 bits per heavy atom. The molecule has 26 heavy (non-hydrogen) atoms. The topological polar surface area (TPSA) is 111 Å². The quantitative estimate of drug-likeness (QED) is 0.834. The van der Waals surface area contributed by atoms with Gasteiger partial charge < -0.3 is 20.4 Å². The minimum absolute atomic E-state index is 0.0222. The van der Waals surface area contributed by atoms with Gasteiger partial charge in [-0.05, 0) is 25.0 Å². The highest BCUT2D eigenvalue weighted by atomic mass is 16.2. The van der Waals surface area contributed by atoms with Gasteiger partial charge in [0.15, 0.2) is 0 Å². The molecule has 3 rings (SSSR count). The van der Waals surface area contributed by atoms with Crippen LogP contribution in [0.15, 0.2) is 24.3 Å². The Bertz CT molecular complexity index is 772. The van der Waals surface area contributed by atoms with E-state index in [4.69, 9.17) is 5.73 Å². The number of nitrogens with zero attached hydrogens (tertiary/aromatic N) is 4. The zero-order chi connectivity index (χ0) is 18.7. The molecule has 136 valence electrons. The van der Waals surface area contributed by atoms with Gasteiger partial charge in [0.25, 0.3) is 0 Å². The lowest BCUT2D eigenvalue weighted by Crippen LogP contribution is -2.56. The number of primary amides is 1. The lowest BCUT2D eigenvalue weighted by molar-refractivity contribution is -0.141. The summed E-state index contributed by atoms with van der Waals surface area (Å²) in [4.78, 5) is 41.3. The normalized spacial score (nSPS) is 20.7. The van der Waals surface area contributed by atoms with Crippen molar-refractivity contribution in [2.75, 3.05) is 37.6 Å². The highest BCUT2D eigenvalue weighted by Crippen LogP contribution is 2.24. The predicted octanol–water partition coefficient (Wildman–Crippen LogP) is 0.524. The number of hydrogen-bond acceptors (Lipinski definition) is 4. The van der Waals surface area contributed by atoms with Gasteiger partial charge in [-0.2, -0.15) is 5.26 Å². The third-order valence-corrected chi connectivity index (χ3v) is 4.93. The van der Waals surface area contributed by atoms with E-state index in [0.717, 1.165) is 6.42 Å². The van der Waals surface area contributed by atoms with E-state index in [1.54, 1.807) is 34.1 Å². The van der Waals surface area contributed by atoms with E-state index in [1.807, 2.05) is 0 Å². The summed E-state index contributed by atoms with van der Waals surface area (Å²) in [6.07, 6.45) is 1.41. The van der Waals surface area contributed by atoms with Crippen molar-refractivity contribution in [3.8, 4) is 6.07 Å². The summed E-state index contributed by atoms with van der Waals surface area (Å²) in [5.41, 5.74) is 6.32. The molecule has 0 spiro atoms. The molecule has 0 bridgehead atoms. The molecule has 1 atom stereocenters. The largest absolute Gasteiger partial charge is 0.351 e. The second kappa shape index (κ2) is 7.44. The first-order chi connectivity index (χ1) is 12.5. The molecule has 2 heterocycles. The van der Waals surface area contributed by atoms with E-state index in [2.05, 4.69) is 6.07 Å². The number of benzene rings is 1. The smallest absolute Gasteiger partial charge is 0.314 e. The molecule has 0 aromatic heterocycles. The fourth-order valence-electron chi connectivity index (χ4n) is 3.56. The molecule has 4 amide bonds. The average molecular weight is 355 g/mol. The lowest BCUT2D eigenvalue weighted by Gasteiger charge is -2.38. The van der Waals surface area contributed by atoms with Gasteiger partial charge in [0.05, 0.1) is 17.2 Å². The number of nitriles is 1. The van der Waals surface area contributed by atoms with E-state index in [9.17, 15) is 19.6 Å². The zero-order valence-electron chi connectivity index (χ0n) is 14.4. The molecule has 2 aliphatic heterocycles. The fourth-order valence-corrected chi connectivity index (χ4v) is 3.56. The molecule has 2 fully saturated rings. The second-order valence-corrected chi connectivity index (χ2v) is 6.56. The first-order valence-corrected chi connectivity index (χ1v) is 8.64. The molecular weight excluding hydrogens is 334 g/mol. The number of rotatable bonds is 2. The van der Waals surface area contributed by atoms with Gasteiger partial charge in [-0.25, -0.2) is 4.79 Å². The van der Waals surface area contributed by atoms with Crippen molar-refractivity contribution in [1.29, 1.82) is 5.26 Å². The van der Waals surface area contributed by atoms with Crippen LogP contribution in [0.1, 0.15) is 18.4 Å². The van der Waals surface area contributed by atoms with Crippen molar-refractivity contribution in [1.82, 2.24) is 9.80 Å². The van der Waals surface area contributed by atoms with Crippen molar-refractivity contribution in [3.05, 3.63) is 29.8 Å². The van der Waals surface area contributed by atoms with Crippen LogP contribution in [-0.4, -0.2) is 60.4 Å². The van der Waals surface area contributed by atoms with Gasteiger partial charge >= 0.3 is 6.03 Å². The molecule has 1 unspecified atom stereocenters. The van der Waals surface area contributed by atoms with Crippen LogP contribution in [0.3, 0.4) is 0 Å². The Balaban J connectivity index is 1.67. The Kier molecular flexibility index (Phi) is 5.07. The van der Waals surface area contributed by atoms with Crippen LogP contribution in [0.4, 0.5) is 10.5 Å². The number of urea groups is 1. The summed E-state index contributed by atoms with van der Waals surface area (Å²) in [7, 11) is 0. The van der Waals surface area contributed by atoms with Crippen molar-refractivity contribution in [2.24, 2.45) is 11.7 Å². The molecular formula is C18H21N5O3.